The molecule has 0 fully saturated rings. The average molecular weight is 267 g/mol. The van der Waals surface area contributed by atoms with Crippen LogP contribution in [0.2, 0.25) is 0 Å². The summed E-state index contributed by atoms with van der Waals surface area (Å²) >= 11 is 0. The molecule has 2 aromatic carbocycles. The van der Waals surface area contributed by atoms with Gasteiger partial charge >= 0.3 is 0 Å². The fraction of sp³-hybridized carbons (Fsp3) is 0.278. The highest BCUT2D eigenvalue weighted by molar-refractivity contribution is 5.75. The van der Waals surface area contributed by atoms with E-state index in [2.05, 4.69) is 53.4 Å². The van der Waals surface area contributed by atoms with Crippen molar-refractivity contribution in [1.82, 2.24) is 4.90 Å². The second-order valence-corrected chi connectivity index (χ2v) is 5.13. The zero-order valence-corrected chi connectivity index (χ0v) is 12.0. The molecule has 0 heterocycles. The minimum absolute atomic E-state index is 0.246. The number of Topliss-reactive ketones (excluding diaryl/α,β-unsaturated/α-hetero) is 1. The lowest BCUT2D eigenvalue weighted by molar-refractivity contribution is -0.117. The molecule has 2 rings (SSSR count). The lowest BCUT2D eigenvalue weighted by Gasteiger charge is -2.22. The number of carbonyl (C=O) groups excluding carboxylic acids is 1. The maximum atomic E-state index is 11.2. The lowest BCUT2D eigenvalue weighted by atomic mass is 10.1. The van der Waals surface area contributed by atoms with Gasteiger partial charge in [-0.1, -0.05) is 60.7 Å². The molecular weight excluding hydrogens is 246 g/mol. The molecule has 2 heteroatoms. The molecule has 0 amide bonds. The summed E-state index contributed by atoms with van der Waals surface area (Å²) in [7, 11) is 0. The van der Waals surface area contributed by atoms with Crippen LogP contribution in [0.25, 0.3) is 0 Å². The molecule has 0 saturated carbocycles. The third-order valence-electron chi connectivity index (χ3n) is 3.28. The van der Waals surface area contributed by atoms with Crippen LogP contribution in [0.3, 0.4) is 0 Å². The molecule has 0 aliphatic carbocycles. The summed E-state index contributed by atoms with van der Waals surface area (Å²) in [6.45, 7) is 4.22. The van der Waals surface area contributed by atoms with Gasteiger partial charge < -0.3 is 0 Å². The standard InChI is InChI=1S/C18H21NO/c1-16(20)12-13-19(14-17-8-4-2-5-9-17)15-18-10-6-3-7-11-18/h2-11H,12-15H2,1H3. The van der Waals surface area contributed by atoms with E-state index in [1.165, 1.54) is 11.1 Å². The van der Waals surface area contributed by atoms with E-state index >= 15 is 0 Å². The van der Waals surface area contributed by atoms with Crippen molar-refractivity contribution < 1.29 is 4.79 Å². The van der Waals surface area contributed by atoms with Crippen molar-refractivity contribution in [1.29, 1.82) is 0 Å². The molecule has 0 aliphatic heterocycles. The lowest BCUT2D eigenvalue weighted by Crippen LogP contribution is -2.25. The molecule has 0 aliphatic rings. The van der Waals surface area contributed by atoms with Crippen LogP contribution >= 0.6 is 0 Å². The zero-order chi connectivity index (χ0) is 14.2. The van der Waals surface area contributed by atoms with Gasteiger partial charge in [-0.3, -0.25) is 9.69 Å². The van der Waals surface area contributed by atoms with Crippen LogP contribution < -0.4 is 0 Å². The normalized spacial score (nSPS) is 10.7. The second kappa shape index (κ2) is 7.61. The molecule has 0 atom stereocenters. The van der Waals surface area contributed by atoms with Gasteiger partial charge in [-0.2, -0.15) is 0 Å². The van der Waals surface area contributed by atoms with E-state index in [0.29, 0.717) is 6.42 Å². The molecule has 0 radical (unpaired) electrons. The number of hydrogen-bond acceptors (Lipinski definition) is 2. The quantitative estimate of drug-likeness (QED) is 0.763. The molecule has 104 valence electrons. The van der Waals surface area contributed by atoms with Gasteiger partial charge in [0.2, 0.25) is 0 Å². The Morgan fingerprint density at radius 2 is 1.30 bits per heavy atom. The van der Waals surface area contributed by atoms with Gasteiger partial charge in [0, 0.05) is 26.1 Å². The van der Waals surface area contributed by atoms with Crippen molar-refractivity contribution in [3.05, 3.63) is 71.8 Å². The van der Waals surface area contributed by atoms with E-state index in [0.717, 1.165) is 19.6 Å². The molecule has 0 unspecified atom stereocenters. The third-order valence-corrected chi connectivity index (χ3v) is 3.28. The SMILES string of the molecule is CC(=O)CCN(Cc1ccccc1)Cc1ccccc1. The van der Waals surface area contributed by atoms with Crippen molar-refractivity contribution in [2.75, 3.05) is 6.54 Å². The average Bonchev–Trinajstić information content (AvgIpc) is 2.47. The summed E-state index contributed by atoms with van der Waals surface area (Å²) in [5, 5.41) is 0. The minimum atomic E-state index is 0.246. The molecule has 0 spiro atoms. The fourth-order valence-corrected chi connectivity index (χ4v) is 2.21. The Morgan fingerprint density at radius 3 is 1.70 bits per heavy atom. The summed E-state index contributed by atoms with van der Waals surface area (Å²) in [5.41, 5.74) is 2.57. The minimum Gasteiger partial charge on any atom is -0.300 e. The second-order valence-electron chi connectivity index (χ2n) is 5.13. The van der Waals surface area contributed by atoms with Crippen LogP contribution in [0, 0.1) is 0 Å². The van der Waals surface area contributed by atoms with E-state index < -0.39 is 0 Å². The van der Waals surface area contributed by atoms with Crippen molar-refractivity contribution in [3.63, 3.8) is 0 Å². The largest absolute Gasteiger partial charge is 0.300 e. The molecule has 2 nitrogen and oxygen atoms in total. The summed E-state index contributed by atoms with van der Waals surface area (Å²) in [6, 6.07) is 20.8. The zero-order valence-electron chi connectivity index (χ0n) is 12.0. The van der Waals surface area contributed by atoms with Gasteiger partial charge in [-0.05, 0) is 18.1 Å². The van der Waals surface area contributed by atoms with Gasteiger partial charge in [0.1, 0.15) is 5.78 Å². The smallest absolute Gasteiger partial charge is 0.131 e. The molecule has 0 bridgehead atoms. The summed E-state index contributed by atoms with van der Waals surface area (Å²) < 4.78 is 0. The Balaban J connectivity index is 2.02. The first-order valence-corrected chi connectivity index (χ1v) is 7.03. The van der Waals surface area contributed by atoms with Crippen LogP contribution in [-0.4, -0.2) is 17.2 Å². The number of carbonyl (C=O) groups is 1. The van der Waals surface area contributed by atoms with E-state index in [4.69, 9.17) is 0 Å². The van der Waals surface area contributed by atoms with E-state index in [9.17, 15) is 4.79 Å². The first kappa shape index (κ1) is 14.5. The van der Waals surface area contributed by atoms with Crippen molar-refractivity contribution in [2.24, 2.45) is 0 Å². The molecule has 2 aromatic rings. The molecule has 0 saturated heterocycles. The number of hydrogen-bond donors (Lipinski definition) is 0. The fourth-order valence-electron chi connectivity index (χ4n) is 2.21. The highest BCUT2D eigenvalue weighted by Gasteiger charge is 2.08. The number of nitrogens with zero attached hydrogens (tertiary/aromatic N) is 1. The van der Waals surface area contributed by atoms with Crippen molar-refractivity contribution >= 4 is 5.78 Å². The molecule has 0 N–H and O–H groups in total. The van der Waals surface area contributed by atoms with E-state index in [1.54, 1.807) is 6.92 Å². The van der Waals surface area contributed by atoms with Gasteiger partial charge in [-0.25, -0.2) is 0 Å². The van der Waals surface area contributed by atoms with Crippen LogP contribution in [0.5, 0.6) is 0 Å². The third kappa shape index (κ3) is 4.98. The van der Waals surface area contributed by atoms with Gasteiger partial charge in [-0.15, -0.1) is 0 Å². The first-order valence-electron chi connectivity index (χ1n) is 7.03. The van der Waals surface area contributed by atoms with Crippen LogP contribution in [-0.2, 0) is 17.9 Å². The van der Waals surface area contributed by atoms with Crippen molar-refractivity contribution in [3.8, 4) is 0 Å². The first-order chi connectivity index (χ1) is 9.74. The predicted octanol–water partition coefficient (Wildman–Crippen LogP) is 3.67. The number of benzene rings is 2. The predicted molar refractivity (Wildman–Crippen MR) is 82.3 cm³/mol. The maximum Gasteiger partial charge on any atom is 0.131 e. The van der Waals surface area contributed by atoms with Crippen LogP contribution in [0.1, 0.15) is 24.5 Å². The molecular formula is C18H21NO. The Kier molecular flexibility index (Phi) is 5.51. The number of rotatable bonds is 7. The van der Waals surface area contributed by atoms with E-state index in [1.807, 2.05) is 12.1 Å². The van der Waals surface area contributed by atoms with Gasteiger partial charge in [0.05, 0.1) is 0 Å². The Bertz CT molecular complexity index is 480. The monoisotopic (exact) mass is 267 g/mol. The topological polar surface area (TPSA) is 20.3 Å². The Morgan fingerprint density at radius 1 is 0.850 bits per heavy atom. The van der Waals surface area contributed by atoms with E-state index in [-0.39, 0.29) is 5.78 Å². The Hall–Kier alpha value is -1.93. The van der Waals surface area contributed by atoms with Crippen molar-refractivity contribution in [2.45, 2.75) is 26.4 Å². The van der Waals surface area contributed by atoms with Gasteiger partial charge in [0.15, 0.2) is 0 Å². The van der Waals surface area contributed by atoms with Crippen LogP contribution in [0.15, 0.2) is 60.7 Å². The highest BCUT2D eigenvalue weighted by atomic mass is 16.1. The maximum absolute atomic E-state index is 11.2. The highest BCUT2D eigenvalue weighted by Crippen LogP contribution is 2.10. The van der Waals surface area contributed by atoms with Crippen LogP contribution in [0.4, 0.5) is 0 Å². The number of ketones is 1. The summed E-state index contributed by atoms with van der Waals surface area (Å²) in [4.78, 5) is 13.6. The Labute approximate surface area is 121 Å². The molecule has 0 aromatic heterocycles. The summed E-state index contributed by atoms with van der Waals surface area (Å²) in [5.74, 6) is 0.246. The summed E-state index contributed by atoms with van der Waals surface area (Å²) in [6.07, 6.45) is 0.611. The molecule has 20 heavy (non-hydrogen) atoms. The van der Waals surface area contributed by atoms with Gasteiger partial charge in [0.25, 0.3) is 0 Å².